The number of hydrogen-bond acceptors (Lipinski definition) is 4. The maximum absolute atomic E-state index is 11.7. The van der Waals surface area contributed by atoms with Gasteiger partial charge in [0.2, 0.25) is 0 Å². The molecule has 7 nitrogen and oxygen atoms in total. The van der Waals surface area contributed by atoms with Gasteiger partial charge in [-0.3, -0.25) is 14.4 Å². The third-order valence-corrected chi connectivity index (χ3v) is 2.49. The summed E-state index contributed by atoms with van der Waals surface area (Å²) in [5.74, 6) is -2.90. The highest BCUT2D eigenvalue weighted by molar-refractivity contribution is 5.73. The predicted octanol–water partition coefficient (Wildman–Crippen LogP) is 0.580. The molecule has 0 aliphatic rings. The summed E-state index contributed by atoms with van der Waals surface area (Å²) in [6.07, 6.45) is -1.11. The number of carbonyl (C=O) groups excluding carboxylic acids is 1. The lowest BCUT2D eigenvalue weighted by atomic mass is 10.0. The zero-order valence-electron chi connectivity index (χ0n) is 12.5. The van der Waals surface area contributed by atoms with E-state index in [2.05, 4.69) is 0 Å². The van der Waals surface area contributed by atoms with Gasteiger partial charge in [0.05, 0.1) is 27.6 Å². The van der Waals surface area contributed by atoms with Gasteiger partial charge in [0.25, 0.3) is 0 Å². The van der Waals surface area contributed by atoms with Gasteiger partial charge in [-0.2, -0.15) is 0 Å². The molecule has 2 unspecified atom stereocenters. The molecule has 0 aromatic heterocycles. The molecule has 0 aromatic carbocycles. The van der Waals surface area contributed by atoms with Crippen molar-refractivity contribution in [1.82, 2.24) is 0 Å². The first kappa shape index (κ1) is 18.4. The van der Waals surface area contributed by atoms with Crippen molar-refractivity contribution in [2.45, 2.75) is 32.3 Å². The summed E-state index contributed by atoms with van der Waals surface area (Å²) in [5.41, 5.74) is 0. The molecule has 0 aromatic rings. The summed E-state index contributed by atoms with van der Waals surface area (Å²) in [4.78, 5) is 33.0. The Labute approximate surface area is 118 Å². The monoisotopic (exact) mass is 290 g/mol. The number of carbonyl (C=O) groups is 3. The van der Waals surface area contributed by atoms with E-state index in [-0.39, 0.29) is 25.2 Å². The average Bonchev–Trinajstić information content (AvgIpc) is 2.09. The minimum Gasteiger partial charge on any atom is -0.481 e. The van der Waals surface area contributed by atoms with Crippen molar-refractivity contribution in [2.75, 3.05) is 27.7 Å². The second-order valence-electron chi connectivity index (χ2n) is 6.09. The Kier molecular flexibility index (Phi) is 7.20. The van der Waals surface area contributed by atoms with Crippen molar-refractivity contribution in [2.24, 2.45) is 5.92 Å². The molecule has 0 radical (unpaired) electrons. The Hall–Kier alpha value is -1.63. The van der Waals surface area contributed by atoms with E-state index < -0.39 is 24.0 Å². The highest BCUT2D eigenvalue weighted by Gasteiger charge is 2.25. The van der Waals surface area contributed by atoms with Gasteiger partial charge in [0.1, 0.15) is 6.54 Å². The van der Waals surface area contributed by atoms with E-state index in [0.717, 1.165) is 0 Å². The molecule has 0 rings (SSSR count). The summed E-state index contributed by atoms with van der Waals surface area (Å²) in [6, 6.07) is 0. The normalized spacial score (nSPS) is 14.4. The fourth-order valence-electron chi connectivity index (χ4n) is 1.84. The summed E-state index contributed by atoms with van der Waals surface area (Å²) in [5, 5.41) is 17.4. The van der Waals surface area contributed by atoms with Crippen LogP contribution < -0.4 is 0 Å². The lowest BCUT2D eigenvalue weighted by Gasteiger charge is -2.28. The lowest BCUT2D eigenvalue weighted by Crippen LogP contribution is -2.43. The Bertz CT molecular complexity index is 360. The zero-order chi connectivity index (χ0) is 15.9. The molecular formula is C13H24NO6+. The second-order valence-corrected chi connectivity index (χ2v) is 6.09. The van der Waals surface area contributed by atoms with Crippen molar-refractivity contribution in [3.63, 3.8) is 0 Å². The number of carboxylic acid groups (broad SMARTS) is 2. The number of nitrogens with zero attached hydrogens (tertiary/aromatic N) is 1. The molecule has 0 aliphatic heterocycles. The van der Waals surface area contributed by atoms with Crippen molar-refractivity contribution in [3.05, 3.63) is 0 Å². The largest absolute Gasteiger partial charge is 0.481 e. The van der Waals surface area contributed by atoms with Crippen LogP contribution in [-0.2, 0) is 19.1 Å². The molecule has 0 aliphatic carbocycles. The first-order valence-corrected chi connectivity index (χ1v) is 6.43. The van der Waals surface area contributed by atoms with Crippen molar-refractivity contribution < 1.29 is 33.8 Å². The third kappa shape index (κ3) is 10.3. The van der Waals surface area contributed by atoms with Crippen LogP contribution in [0.5, 0.6) is 0 Å². The van der Waals surface area contributed by atoms with Gasteiger partial charge in [-0.25, -0.2) is 0 Å². The van der Waals surface area contributed by atoms with Gasteiger partial charge < -0.3 is 19.4 Å². The van der Waals surface area contributed by atoms with Crippen LogP contribution >= 0.6 is 0 Å². The second kappa shape index (κ2) is 7.84. The Balaban J connectivity index is 4.45. The maximum atomic E-state index is 11.7. The SMILES string of the molecule is CC(CC(=O)O)CC(=O)OC(CC(=O)O)C[N+](C)(C)C. The maximum Gasteiger partial charge on any atom is 0.307 e. The molecule has 0 spiro atoms. The number of aliphatic carboxylic acids is 2. The van der Waals surface area contributed by atoms with Gasteiger partial charge in [-0.15, -0.1) is 0 Å². The van der Waals surface area contributed by atoms with Crippen molar-refractivity contribution >= 4 is 17.9 Å². The summed E-state index contributed by atoms with van der Waals surface area (Å²) in [6.45, 7) is 2.02. The van der Waals surface area contributed by atoms with Crippen molar-refractivity contribution in [1.29, 1.82) is 0 Å². The predicted molar refractivity (Wildman–Crippen MR) is 71.1 cm³/mol. The van der Waals surface area contributed by atoms with Crippen LogP contribution in [0.1, 0.15) is 26.2 Å². The van der Waals surface area contributed by atoms with Crippen LogP contribution in [0.3, 0.4) is 0 Å². The van der Waals surface area contributed by atoms with Crippen LogP contribution in [0, 0.1) is 5.92 Å². The van der Waals surface area contributed by atoms with E-state index in [1.54, 1.807) is 6.92 Å². The van der Waals surface area contributed by atoms with Crippen LogP contribution in [-0.4, -0.2) is 66.4 Å². The molecule has 2 N–H and O–H groups in total. The molecule has 0 saturated heterocycles. The lowest BCUT2D eigenvalue weighted by molar-refractivity contribution is -0.873. The van der Waals surface area contributed by atoms with E-state index in [1.165, 1.54) is 0 Å². The van der Waals surface area contributed by atoms with Crippen LogP contribution in [0.2, 0.25) is 0 Å². The standard InChI is InChI=1S/C13H23NO6/c1-9(5-11(15)16)6-13(19)20-10(7-12(17)18)8-14(2,3)4/h9-10H,5-8H2,1-4H3,(H-,15,16,17,18)/p+1. The van der Waals surface area contributed by atoms with E-state index in [4.69, 9.17) is 14.9 Å². The van der Waals surface area contributed by atoms with E-state index in [0.29, 0.717) is 11.0 Å². The Morgan fingerprint density at radius 3 is 1.90 bits per heavy atom. The molecule has 0 amide bonds. The quantitative estimate of drug-likeness (QED) is 0.476. The van der Waals surface area contributed by atoms with E-state index >= 15 is 0 Å². The molecular weight excluding hydrogens is 266 g/mol. The fraction of sp³-hybridized carbons (Fsp3) is 0.769. The molecule has 116 valence electrons. The van der Waals surface area contributed by atoms with Crippen LogP contribution in [0.15, 0.2) is 0 Å². The Morgan fingerprint density at radius 2 is 1.50 bits per heavy atom. The highest BCUT2D eigenvalue weighted by Crippen LogP contribution is 2.12. The molecule has 0 fully saturated rings. The number of carboxylic acids is 2. The first-order valence-electron chi connectivity index (χ1n) is 6.43. The number of quaternary nitrogens is 1. The zero-order valence-corrected chi connectivity index (χ0v) is 12.5. The van der Waals surface area contributed by atoms with Crippen molar-refractivity contribution in [3.8, 4) is 0 Å². The van der Waals surface area contributed by atoms with Gasteiger partial charge >= 0.3 is 17.9 Å². The van der Waals surface area contributed by atoms with Crippen LogP contribution in [0.4, 0.5) is 0 Å². The van der Waals surface area contributed by atoms with E-state index in [9.17, 15) is 14.4 Å². The fourth-order valence-corrected chi connectivity index (χ4v) is 1.84. The minimum absolute atomic E-state index is 0.0282. The summed E-state index contributed by atoms with van der Waals surface area (Å²) in [7, 11) is 5.61. The summed E-state index contributed by atoms with van der Waals surface area (Å²) >= 11 is 0. The first-order chi connectivity index (χ1) is 8.99. The molecule has 0 saturated carbocycles. The van der Waals surface area contributed by atoms with E-state index in [1.807, 2.05) is 21.1 Å². The average molecular weight is 290 g/mol. The minimum atomic E-state index is -1.03. The van der Waals surface area contributed by atoms with Gasteiger partial charge in [0, 0.05) is 12.8 Å². The molecule has 0 bridgehead atoms. The molecule has 20 heavy (non-hydrogen) atoms. The summed E-state index contributed by atoms with van der Waals surface area (Å²) < 4.78 is 5.63. The third-order valence-electron chi connectivity index (χ3n) is 2.49. The van der Waals surface area contributed by atoms with Gasteiger partial charge in [-0.05, 0) is 5.92 Å². The van der Waals surface area contributed by atoms with Gasteiger partial charge in [0.15, 0.2) is 6.10 Å². The number of hydrogen-bond donors (Lipinski definition) is 2. The number of ether oxygens (including phenoxy) is 1. The van der Waals surface area contributed by atoms with Gasteiger partial charge in [-0.1, -0.05) is 6.92 Å². The molecule has 7 heteroatoms. The molecule has 2 atom stereocenters. The number of esters is 1. The highest BCUT2D eigenvalue weighted by atomic mass is 16.5. The number of rotatable bonds is 9. The topological polar surface area (TPSA) is 101 Å². The molecule has 0 heterocycles. The van der Waals surface area contributed by atoms with Crippen LogP contribution in [0.25, 0.3) is 0 Å². The smallest absolute Gasteiger partial charge is 0.307 e. The number of likely N-dealkylation sites (N-methyl/N-ethyl adjacent to an activating group) is 1. The Morgan fingerprint density at radius 1 is 1.00 bits per heavy atom.